The molecule has 0 aliphatic rings. The lowest BCUT2D eigenvalue weighted by Gasteiger charge is -2.06. The molecular weight excluding hydrogens is 294 g/mol. The molecule has 0 N–H and O–H groups in total. The molecule has 0 aliphatic heterocycles. The van der Waals surface area contributed by atoms with Gasteiger partial charge in [-0.1, -0.05) is 19.1 Å². The fourth-order valence-electron chi connectivity index (χ4n) is 1.88. The second-order valence-corrected chi connectivity index (χ2v) is 5.46. The van der Waals surface area contributed by atoms with Crippen LogP contribution in [-0.4, -0.2) is 21.6 Å². The zero-order valence-corrected chi connectivity index (χ0v) is 12.4. The van der Waals surface area contributed by atoms with Crippen molar-refractivity contribution in [2.24, 2.45) is 0 Å². The highest BCUT2D eigenvalue weighted by Crippen LogP contribution is 2.31. The van der Waals surface area contributed by atoms with E-state index in [0.29, 0.717) is 12.4 Å². The molecule has 0 fully saturated rings. The molecule has 0 atom stereocenters. The third kappa shape index (κ3) is 2.59. The lowest BCUT2D eigenvalue weighted by Crippen LogP contribution is -2.02. The molecule has 2 heterocycles. The third-order valence-electron chi connectivity index (χ3n) is 2.74. The van der Waals surface area contributed by atoms with E-state index in [1.807, 2.05) is 24.4 Å². The van der Waals surface area contributed by atoms with E-state index in [1.54, 1.807) is 11.3 Å². The van der Waals surface area contributed by atoms with E-state index in [0.717, 1.165) is 16.7 Å². The van der Waals surface area contributed by atoms with Crippen LogP contribution in [0.2, 0.25) is 5.28 Å². The maximum Gasteiger partial charge on any atom is 0.321 e. The van der Waals surface area contributed by atoms with E-state index in [1.165, 1.54) is 5.39 Å². The van der Waals surface area contributed by atoms with Crippen molar-refractivity contribution in [3.05, 3.63) is 34.9 Å². The lowest BCUT2D eigenvalue weighted by atomic mass is 10.1. The van der Waals surface area contributed by atoms with Crippen molar-refractivity contribution in [2.45, 2.75) is 13.3 Å². The highest BCUT2D eigenvalue weighted by atomic mass is 35.5. The summed E-state index contributed by atoms with van der Waals surface area (Å²) < 4.78 is 6.58. The zero-order chi connectivity index (χ0) is 13.9. The topological polar surface area (TPSA) is 47.9 Å². The molecule has 4 nitrogen and oxygen atoms in total. The Labute approximate surface area is 125 Å². The number of aromatic nitrogens is 3. The standard InChI is InChI=1S/C14H12ClN3OS/c1-2-7-19-14-17-12(16-13(15)18-14)10-5-3-4-9-6-8-20-11(9)10/h3-6,8H,2,7H2,1H3. The minimum absolute atomic E-state index is 0.148. The number of fused-ring (bicyclic) bond motifs is 1. The molecule has 3 aromatic rings. The number of hydrogen-bond donors (Lipinski definition) is 0. The Morgan fingerprint density at radius 3 is 2.95 bits per heavy atom. The van der Waals surface area contributed by atoms with Gasteiger partial charge in [0, 0.05) is 10.3 Å². The molecule has 0 spiro atoms. The van der Waals surface area contributed by atoms with Gasteiger partial charge in [0.15, 0.2) is 5.82 Å². The normalized spacial score (nSPS) is 10.9. The van der Waals surface area contributed by atoms with Gasteiger partial charge in [-0.3, -0.25) is 0 Å². The number of rotatable bonds is 4. The van der Waals surface area contributed by atoms with Gasteiger partial charge in [-0.2, -0.15) is 15.0 Å². The van der Waals surface area contributed by atoms with Crippen LogP contribution in [0.25, 0.3) is 21.5 Å². The smallest absolute Gasteiger partial charge is 0.321 e. The van der Waals surface area contributed by atoms with Crippen LogP contribution >= 0.6 is 22.9 Å². The van der Waals surface area contributed by atoms with Crippen molar-refractivity contribution in [2.75, 3.05) is 6.61 Å². The van der Waals surface area contributed by atoms with Crippen LogP contribution in [-0.2, 0) is 0 Å². The minimum Gasteiger partial charge on any atom is -0.463 e. The molecule has 0 radical (unpaired) electrons. The minimum atomic E-state index is 0.148. The van der Waals surface area contributed by atoms with Crippen LogP contribution in [0.4, 0.5) is 0 Å². The molecule has 20 heavy (non-hydrogen) atoms. The first-order chi connectivity index (χ1) is 9.78. The van der Waals surface area contributed by atoms with E-state index in [4.69, 9.17) is 16.3 Å². The summed E-state index contributed by atoms with van der Waals surface area (Å²) in [7, 11) is 0. The van der Waals surface area contributed by atoms with Crippen molar-refractivity contribution in [1.29, 1.82) is 0 Å². The summed E-state index contributed by atoms with van der Waals surface area (Å²) in [5.74, 6) is 0.546. The molecule has 1 aromatic carbocycles. The molecule has 3 rings (SSSR count). The summed E-state index contributed by atoms with van der Waals surface area (Å²) in [6.45, 7) is 2.58. The van der Waals surface area contributed by atoms with Crippen LogP contribution in [0.5, 0.6) is 6.01 Å². The third-order valence-corrected chi connectivity index (χ3v) is 3.88. The molecule has 0 saturated heterocycles. The van der Waals surface area contributed by atoms with Crippen molar-refractivity contribution in [3.63, 3.8) is 0 Å². The first kappa shape index (κ1) is 13.3. The van der Waals surface area contributed by atoms with E-state index >= 15 is 0 Å². The van der Waals surface area contributed by atoms with Gasteiger partial charge in [0.1, 0.15) is 0 Å². The Bertz CT molecular complexity index is 744. The molecule has 0 aliphatic carbocycles. The molecule has 6 heteroatoms. The molecule has 2 aromatic heterocycles. The van der Waals surface area contributed by atoms with Crippen LogP contribution in [0.15, 0.2) is 29.6 Å². The number of ether oxygens (including phenoxy) is 1. The second-order valence-electron chi connectivity index (χ2n) is 4.20. The predicted octanol–water partition coefficient (Wildman–Crippen LogP) is 4.20. The van der Waals surface area contributed by atoms with Crippen molar-refractivity contribution in [3.8, 4) is 17.4 Å². The lowest BCUT2D eigenvalue weighted by molar-refractivity contribution is 0.291. The summed E-state index contributed by atoms with van der Waals surface area (Å²) >= 11 is 7.62. The molecule has 102 valence electrons. The fraction of sp³-hybridized carbons (Fsp3) is 0.214. The summed E-state index contributed by atoms with van der Waals surface area (Å²) in [4.78, 5) is 12.5. The molecule has 0 unspecified atom stereocenters. The fourth-order valence-corrected chi connectivity index (χ4v) is 2.94. The first-order valence-electron chi connectivity index (χ1n) is 6.29. The summed E-state index contributed by atoms with van der Waals surface area (Å²) in [5, 5.41) is 3.36. The predicted molar refractivity (Wildman–Crippen MR) is 81.4 cm³/mol. The molecular formula is C14H12ClN3OS. The number of nitrogens with zero attached hydrogens (tertiary/aromatic N) is 3. The number of thiophene rings is 1. The monoisotopic (exact) mass is 305 g/mol. The van der Waals surface area contributed by atoms with Crippen molar-refractivity contribution >= 4 is 33.0 Å². The van der Waals surface area contributed by atoms with E-state index in [2.05, 4.69) is 27.1 Å². The zero-order valence-electron chi connectivity index (χ0n) is 10.8. The van der Waals surface area contributed by atoms with Gasteiger partial charge in [-0.15, -0.1) is 11.3 Å². The number of halogens is 1. The summed E-state index contributed by atoms with van der Waals surface area (Å²) in [6.07, 6.45) is 0.888. The van der Waals surface area contributed by atoms with Gasteiger partial charge < -0.3 is 4.74 Å². The van der Waals surface area contributed by atoms with Crippen molar-refractivity contribution in [1.82, 2.24) is 15.0 Å². The highest BCUT2D eigenvalue weighted by Gasteiger charge is 2.11. The molecule has 0 bridgehead atoms. The van der Waals surface area contributed by atoms with Gasteiger partial charge in [0.2, 0.25) is 5.28 Å². The van der Waals surface area contributed by atoms with Crippen LogP contribution in [0.3, 0.4) is 0 Å². The maximum atomic E-state index is 5.97. The molecule has 0 amide bonds. The first-order valence-corrected chi connectivity index (χ1v) is 7.54. The van der Waals surface area contributed by atoms with Gasteiger partial charge >= 0.3 is 6.01 Å². The Balaban J connectivity index is 2.09. The summed E-state index contributed by atoms with van der Waals surface area (Å²) in [6, 6.07) is 8.37. The van der Waals surface area contributed by atoms with Crippen LogP contribution in [0.1, 0.15) is 13.3 Å². The average molecular weight is 306 g/mol. The van der Waals surface area contributed by atoms with Gasteiger partial charge in [-0.05, 0) is 40.9 Å². The van der Waals surface area contributed by atoms with Crippen LogP contribution in [0, 0.1) is 0 Å². The largest absolute Gasteiger partial charge is 0.463 e. The van der Waals surface area contributed by atoms with E-state index in [9.17, 15) is 0 Å². The average Bonchev–Trinajstić information content (AvgIpc) is 2.92. The Hall–Kier alpha value is -1.72. The second kappa shape index (κ2) is 5.73. The van der Waals surface area contributed by atoms with Gasteiger partial charge in [-0.25, -0.2) is 0 Å². The highest BCUT2D eigenvalue weighted by molar-refractivity contribution is 7.17. The van der Waals surface area contributed by atoms with E-state index < -0.39 is 0 Å². The number of benzene rings is 1. The Morgan fingerprint density at radius 1 is 1.20 bits per heavy atom. The van der Waals surface area contributed by atoms with Crippen molar-refractivity contribution < 1.29 is 4.74 Å². The number of hydrogen-bond acceptors (Lipinski definition) is 5. The summed E-state index contributed by atoms with van der Waals surface area (Å²) in [5.41, 5.74) is 0.947. The van der Waals surface area contributed by atoms with Crippen LogP contribution < -0.4 is 4.74 Å². The Morgan fingerprint density at radius 2 is 2.10 bits per heavy atom. The quantitative estimate of drug-likeness (QED) is 0.725. The van der Waals surface area contributed by atoms with E-state index in [-0.39, 0.29) is 11.3 Å². The maximum absolute atomic E-state index is 5.97. The van der Waals surface area contributed by atoms with Gasteiger partial charge in [0.25, 0.3) is 0 Å². The van der Waals surface area contributed by atoms with Gasteiger partial charge in [0.05, 0.1) is 6.61 Å². The Kier molecular flexibility index (Phi) is 3.80. The SMILES string of the molecule is CCCOc1nc(Cl)nc(-c2cccc3ccsc23)n1. The molecule has 0 saturated carbocycles.